The van der Waals surface area contributed by atoms with Gasteiger partial charge in [0.2, 0.25) is 0 Å². The number of rotatable bonds is 15. The summed E-state index contributed by atoms with van der Waals surface area (Å²) < 4.78 is 11.9. The molecule has 154 valence electrons. The minimum Gasteiger partial charge on any atom is -0.278 e. The Bertz CT molecular complexity index is 577. The first kappa shape index (κ1) is 22.7. The lowest BCUT2D eigenvalue weighted by atomic mass is 10.1. The van der Waals surface area contributed by atoms with E-state index in [0.717, 1.165) is 12.8 Å². The first-order chi connectivity index (χ1) is 13.7. The van der Waals surface area contributed by atoms with E-state index in [2.05, 4.69) is 6.92 Å². The molecule has 2 rings (SSSR count). The molecule has 0 aliphatic heterocycles. The Hall–Kier alpha value is -1.57. The van der Waals surface area contributed by atoms with Crippen molar-refractivity contribution in [2.75, 3.05) is 6.16 Å². The second kappa shape index (κ2) is 13.6. The van der Waals surface area contributed by atoms with E-state index in [1.54, 1.807) is 0 Å². The third kappa shape index (κ3) is 9.57. The van der Waals surface area contributed by atoms with E-state index < -0.39 is 7.94 Å². The van der Waals surface area contributed by atoms with Gasteiger partial charge in [-0.05, 0) is 37.1 Å². The number of benzene rings is 2. The van der Waals surface area contributed by atoms with Gasteiger partial charge in [0, 0.05) is 0 Å². The summed E-state index contributed by atoms with van der Waals surface area (Å²) in [5.74, 6) is 1.31. The zero-order valence-electron chi connectivity index (χ0n) is 17.3. The van der Waals surface area contributed by atoms with Crippen LogP contribution < -0.4 is 9.05 Å². The van der Waals surface area contributed by atoms with Crippen molar-refractivity contribution in [3.8, 4) is 11.5 Å². The van der Waals surface area contributed by atoms with Crippen LogP contribution in [0.3, 0.4) is 0 Å². The molecule has 2 aromatic rings. The van der Waals surface area contributed by atoms with E-state index in [1.165, 1.54) is 51.4 Å². The van der Waals surface area contributed by atoms with Gasteiger partial charge in [0.1, 0.15) is 0 Å². The van der Waals surface area contributed by atoms with Gasteiger partial charge in [0.15, 0.2) is 17.7 Å². The summed E-state index contributed by atoms with van der Waals surface area (Å²) in [6.07, 6.45) is 13.2. The van der Waals surface area contributed by atoms with Gasteiger partial charge in [-0.1, -0.05) is 94.7 Å². The van der Waals surface area contributed by atoms with E-state index in [0.29, 0.717) is 17.7 Å². The van der Waals surface area contributed by atoms with E-state index in [-0.39, 0.29) is 0 Å². The van der Waals surface area contributed by atoms with Crippen molar-refractivity contribution in [2.45, 2.75) is 71.1 Å². The Morgan fingerprint density at radius 1 is 0.607 bits per heavy atom. The van der Waals surface area contributed by atoms with Crippen LogP contribution in [0.1, 0.15) is 71.1 Å². The standard InChI is InChI=1S/C24H36O3P/c1-2-3-4-5-6-7-8-9-10-17-22-28(25,26-23-18-13-11-14-19-23)27-24-20-15-12-16-21-24/h11-16,18-21,25H,2-10,17,22H2,1H3/q+1. The fraction of sp³-hybridized carbons (Fsp3) is 0.500. The molecule has 2 aromatic carbocycles. The van der Waals surface area contributed by atoms with Crippen LogP contribution in [0.15, 0.2) is 60.7 Å². The molecule has 28 heavy (non-hydrogen) atoms. The van der Waals surface area contributed by atoms with Crippen molar-refractivity contribution in [3.05, 3.63) is 60.7 Å². The molecule has 3 nitrogen and oxygen atoms in total. The molecule has 0 saturated carbocycles. The van der Waals surface area contributed by atoms with Crippen molar-refractivity contribution in [3.63, 3.8) is 0 Å². The zero-order valence-corrected chi connectivity index (χ0v) is 18.2. The van der Waals surface area contributed by atoms with Gasteiger partial charge >= 0.3 is 7.94 Å². The number of hydrogen-bond acceptors (Lipinski definition) is 3. The molecule has 4 heteroatoms. The molecule has 0 aromatic heterocycles. The van der Waals surface area contributed by atoms with Crippen LogP contribution >= 0.6 is 7.94 Å². The van der Waals surface area contributed by atoms with Crippen molar-refractivity contribution in [2.24, 2.45) is 0 Å². The SMILES string of the molecule is CCCCCCCCCCCC[P+](O)(Oc1ccccc1)Oc1ccccc1. The molecule has 0 radical (unpaired) electrons. The number of hydrogen-bond donors (Lipinski definition) is 1. The minimum atomic E-state index is -2.99. The zero-order chi connectivity index (χ0) is 19.9. The maximum atomic E-state index is 11.1. The average Bonchev–Trinajstić information content (AvgIpc) is 2.71. The normalized spacial score (nSPS) is 11.4. The highest BCUT2D eigenvalue weighted by atomic mass is 31.2. The van der Waals surface area contributed by atoms with Crippen molar-refractivity contribution in [1.82, 2.24) is 0 Å². The topological polar surface area (TPSA) is 38.7 Å². The highest BCUT2D eigenvalue weighted by Gasteiger charge is 2.43. The summed E-state index contributed by atoms with van der Waals surface area (Å²) in [5.41, 5.74) is 0. The van der Waals surface area contributed by atoms with Crippen LogP contribution in [0.4, 0.5) is 0 Å². The number of unbranched alkanes of at least 4 members (excludes halogenated alkanes) is 9. The Kier molecular flexibility index (Phi) is 11.0. The first-order valence-electron chi connectivity index (χ1n) is 10.8. The molecule has 0 unspecified atom stereocenters. The molecule has 0 aliphatic rings. The molecule has 0 amide bonds. The number of para-hydroxylation sites is 2. The monoisotopic (exact) mass is 403 g/mol. The van der Waals surface area contributed by atoms with Gasteiger partial charge < -0.3 is 0 Å². The molecule has 0 heterocycles. The Morgan fingerprint density at radius 3 is 1.43 bits per heavy atom. The van der Waals surface area contributed by atoms with E-state index in [4.69, 9.17) is 9.05 Å². The molecular formula is C24H36O3P+. The molecule has 0 saturated heterocycles. The fourth-order valence-electron chi connectivity index (χ4n) is 3.20. The van der Waals surface area contributed by atoms with Crippen LogP contribution in [0.2, 0.25) is 0 Å². The molecule has 1 N–H and O–H groups in total. The highest BCUT2D eigenvalue weighted by Crippen LogP contribution is 2.56. The first-order valence-corrected chi connectivity index (χ1v) is 12.6. The Morgan fingerprint density at radius 2 is 1.00 bits per heavy atom. The van der Waals surface area contributed by atoms with Crippen molar-refractivity contribution < 1.29 is 13.9 Å². The predicted molar refractivity (Wildman–Crippen MR) is 120 cm³/mol. The summed E-state index contributed by atoms with van der Waals surface area (Å²) in [7, 11) is -2.99. The second-order valence-corrected chi connectivity index (χ2v) is 9.44. The van der Waals surface area contributed by atoms with Gasteiger partial charge in [0.25, 0.3) is 0 Å². The summed E-state index contributed by atoms with van der Waals surface area (Å²) in [4.78, 5) is 11.1. The highest BCUT2D eigenvalue weighted by molar-refractivity contribution is 7.61. The maximum Gasteiger partial charge on any atom is 0.495 e. The summed E-state index contributed by atoms with van der Waals surface area (Å²) >= 11 is 0. The predicted octanol–water partition coefficient (Wildman–Crippen LogP) is 7.82. The van der Waals surface area contributed by atoms with Crippen LogP contribution in [0, 0.1) is 0 Å². The molecule has 0 atom stereocenters. The lowest BCUT2D eigenvalue weighted by Gasteiger charge is -2.18. The van der Waals surface area contributed by atoms with Crippen LogP contribution in [-0.2, 0) is 0 Å². The third-order valence-electron chi connectivity index (χ3n) is 4.78. The Labute approximate surface area is 171 Å². The van der Waals surface area contributed by atoms with Crippen molar-refractivity contribution in [1.29, 1.82) is 0 Å². The minimum absolute atomic E-state index is 0.549. The smallest absolute Gasteiger partial charge is 0.278 e. The fourth-order valence-corrected chi connectivity index (χ4v) is 4.95. The van der Waals surface area contributed by atoms with Crippen LogP contribution in [0.25, 0.3) is 0 Å². The summed E-state index contributed by atoms with van der Waals surface area (Å²) in [6, 6.07) is 18.9. The Balaban J connectivity index is 1.75. The third-order valence-corrected chi connectivity index (χ3v) is 6.65. The molecule has 0 fully saturated rings. The molecule has 0 bridgehead atoms. The lowest BCUT2D eigenvalue weighted by molar-refractivity contribution is 0.344. The maximum absolute atomic E-state index is 11.1. The van der Waals surface area contributed by atoms with E-state index in [9.17, 15) is 4.89 Å². The quantitative estimate of drug-likeness (QED) is 0.243. The summed E-state index contributed by atoms with van der Waals surface area (Å²) in [6.45, 7) is 2.26. The van der Waals surface area contributed by atoms with Crippen LogP contribution in [0.5, 0.6) is 11.5 Å². The van der Waals surface area contributed by atoms with E-state index >= 15 is 0 Å². The van der Waals surface area contributed by atoms with Gasteiger partial charge in [-0.15, -0.1) is 0 Å². The van der Waals surface area contributed by atoms with Gasteiger partial charge in [0.05, 0.1) is 0 Å². The molecule has 0 aliphatic carbocycles. The molecule has 0 spiro atoms. The molecular weight excluding hydrogens is 367 g/mol. The average molecular weight is 404 g/mol. The van der Waals surface area contributed by atoms with Gasteiger partial charge in [-0.3, -0.25) is 9.05 Å². The second-order valence-electron chi connectivity index (χ2n) is 7.35. The van der Waals surface area contributed by atoms with Gasteiger partial charge in [-0.2, -0.15) is 4.89 Å². The van der Waals surface area contributed by atoms with Crippen molar-refractivity contribution >= 4 is 7.94 Å². The van der Waals surface area contributed by atoms with E-state index in [1.807, 2.05) is 60.7 Å². The summed E-state index contributed by atoms with van der Waals surface area (Å²) in [5, 5.41) is 0. The lowest BCUT2D eigenvalue weighted by Crippen LogP contribution is -2.12. The van der Waals surface area contributed by atoms with Gasteiger partial charge in [-0.25, -0.2) is 0 Å². The largest absolute Gasteiger partial charge is 0.495 e. The van der Waals surface area contributed by atoms with Crippen LogP contribution in [-0.4, -0.2) is 11.1 Å².